The lowest BCUT2D eigenvalue weighted by molar-refractivity contribution is -0.122. The summed E-state index contributed by atoms with van der Waals surface area (Å²) >= 11 is 1.69. The molecule has 1 saturated heterocycles. The van der Waals surface area contributed by atoms with Crippen LogP contribution in [0.4, 0.5) is 0 Å². The number of carbonyl (C=O) groups is 2. The molecule has 3 rings (SSSR count). The highest BCUT2D eigenvalue weighted by molar-refractivity contribution is 7.09. The zero-order valence-corrected chi connectivity index (χ0v) is 16.8. The molecule has 0 atom stereocenters. The first-order valence-corrected chi connectivity index (χ1v) is 9.83. The van der Waals surface area contributed by atoms with Crippen LogP contribution >= 0.6 is 11.3 Å². The van der Waals surface area contributed by atoms with E-state index in [9.17, 15) is 4.79 Å². The van der Waals surface area contributed by atoms with Crippen molar-refractivity contribution in [1.82, 2.24) is 19.8 Å². The molecule has 1 fully saturated rings. The van der Waals surface area contributed by atoms with Crippen molar-refractivity contribution >= 4 is 23.7 Å². The second kappa shape index (κ2) is 10.2. The lowest BCUT2D eigenvalue weighted by Crippen LogP contribution is -2.35. The summed E-state index contributed by atoms with van der Waals surface area (Å²) in [5.74, 6) is 0.993. The molecule has 0 spiro atoms. The summed E-state index contributed by atoms with van der Waals surface area (Å²) < 4.78 is 5.62. The highest BCUT2D eigenvalue weighted by Crippen LogP contribution is 2.16. The summed E-state index contributed by atoms with van der Waals surface area (Å²) in [5, 5.41) is 10.1. The van der Waals surface area contributed by atoms with E-state index < -0.39 is 0 Å². The molecule has 0 aromatic carbocycles. The van der Waals surface area contributed by atoms with Crippen molar-refractivity contribution < 1.29 is 19.1 Å². The number of aryl methyl sites for hydroxylation is 3. The molecule has 0 saturated carbocycles. The topological polar surface area (TPSA) is 99.8 Å². The van der Waals surface area contributed by atoms with Gasteiger partial charge in [-0.3, -0.25) is 14.5 Å². The predicted octanol–water partition coefficient (Wildman–Crippen LogP) is 2.36. The van der Waals surface area contributed by atoms with E-state index >= 15 is 0 Å². The third kappa shape index (κ3) is 5.86. The van der Waals surface area contributed by atoms with E-state index in [-0.39, 0.29) is 12.4 Å². The number of rotatable bonds is 4. The molecule has 0 radical (unpaired) electrons. The maximum Gasteiger partial charge on any atom is 0.291 e. The molecule has 0 aliphatic carbocycles. The quantitative estimate of drug-likeness (QED) is 0.795. The third-order valence-corrected chi connectivity index (χ3v) is 5.09. The van der Waals surface area contributed by atoms with E-state index in [2.05, 4.69) is 20.2 Å². The Morgan fingerprint density at radius 1 is 1.30 bits per heavy atom. The van der Waals surface area contributed by atoms with Gasteiger partial charge in [0.2, 0.25) is 5.76 Å². The molecule has 3 heterocycles. The average Bonchev–Trinajstić information content (AvgIpc) is 3.13. The maximum absolute atomic E-state index is 12.7. The molecule has 1 aliphatic heterocycles. The van der Waals surface area contributed by atoms with Crippen LogP contribution in [0.25, 0.3) is 0 Å². The molecule has 2 aromatic rings. The van der Waals surface area contributed by atoms with Gasteiger partial charge in [0.15, 0.2) is 5.89 Å². The largest absolute Gasteiger partial charge is 0.483 e. The molecule has 1 N–H and O–H groups in total. The van der Waals surface area contributed by atoms with Gasteiger partial charge in [-0.05, 0) is 20.3 Å². The molecule has 27 heavy (non-hydrogen) atoms. The molecule has 0 unspecified atom stereocenters. The van der Waals surface area contributed by atoms with E-state index in [0.717, 1.165) is 43.3 Å². The first-order chi connectivity index (χ1) is 13.0. The van der Waals surface area contributed by atoms with Crippen LogP contribution in [0.3, 0.4) is 0 Å². The Morgan fingerprint density at radius 3 is 2.63 bits per heavy atom. The standard InChI is InChI=1S/C17H24N4O2S.CH2O2/c1-4-15-18-12(2)16(23-15)17(22)21-7-5-6-20(8-9-21)10-14-11-24-13(3)19-14;2-1-3/h11H,4-10H2,1-3H3;1H,(H,2,3). The number of aromatic nitrogens is 2. The molecule has 148 valence electrons. The zero-order chi connectivity index (χ0) is 19.8. The van der Waals surface area contributed by atoms with E-state index in [0.29, 0.717) is 30.3 Å². The van der Waals surface area contributed by atoms with Crippen molar-refractivity contribution in [3.8, 4) is 0 Å². The number of amides is 1. The molecule has 2 aromatic heterocycles. The van der Waals surface area contributed by atoms with Crippen LogP contribution in [0.2, 0.25) is 0 Å². The minimum atomic E-state index is -0.250. The number of nitrogens with zero attached hydrogens (tertiary/aromatic N) is 4. The van der Waals surface area contributed by atoms with E-state index in [4.69, 9.17) is 14.3 Å². The van der Waals surface area contributed by atoms with Crippen LogP contribution in [0, 0.1) is 13.8 Å². The Balaban J connectivity index is 0.000000817. The second-order valence-electron chi connectivity index (χ2n) is 6.26. The Labute approximate surface area is 162 Å². The number of carboxylic acid groups (broad SMARTS) is 1. The van der Waals surface area contributed by atoms with Crippen LogP contribution in [-0.2, 0) is 17.8 Å². The van der Waals surface area contributed by atoms with Crippen LogP contribution in [0.15, 0.2) is 9.80 Å². The molecular weight excluding hydrogens is 368 g/mol. The highest BCUT2D eigenvalue weighted by Gasteiger charge is 2.25. The number of oxazole rings is 1. The minimum Gasteiger partial charge on any atom is -0.483 e. The Hall–Kier alpha value is -2.26. The Kier molecular flexibility index (Phi) is 7.93. The van der Waals surface area contributed by atoms with E-state index in [1.54, 1.807) is 11.3 Å². The average molecular weight is 394 g/mol. The molecule has 9 heteroatoms. The fourth-order valence-corrected chi connectivity index (χ4v) is 3.59. The van der Waals surface area contributed by atoms with Crippen molar-refractivity contribution in [2.45, 2.75) is 40.2 Å². The fourth-order valence-electron chi connectivity index (χ4n) is 2.99. The minimum absolute atomic E-state index is 0.0361. The SMILES string of the molecule is CCc1nc(C)c(C(=O)N2CCCN(Cc3csc(C)n3)CC2)o1.O=CO. The van der Waals surface area contributed by atoms with Gasteiger partial charge in [0.25, 0.3) is 12.4 Å². The van der Waals surface area contributed by atoms with Gasteiger partial charge in [-0.25, -0.2) is 9.97 Å². The van der Waals surface area contributed by atoms with Crippen LogP contribution < -0.4 is 0 Å². The predicted molar refractivity (Wildman–Crippen MR) is 102 cm³/mol. The first-order valence-electron chi connectivity index (χ1n) is 8.95. The summed E-state index contributed by atoms with van der Waals surface area (Å²) in [5.41, 5.74) is 1.81. The number of hydrogen-bond donors (Lipinski definition) is 1. The van der Waals surface area contributed by atoms with Crippen LogP contribution in [0.5, 0.6) is 0 Å². The fraction of sp³-hybridized carbons (Fsp3) is 0.556. The van der Waals surface area contributed by atoms with Gasteiger partial charge >= 0.3 is 0 Å². The molecule has 1 aliphatic rings. The second-order valence-corrected chi connectivity index (χ2v) is 7.32. The van der Waals surface area contributed by atoms with Gasteiger partial charge in [0.1, 0.15) is 0 Å². The van der Waals surface area contributed by atoms with Crippen molar-refractivity contribution in [2.75, 3.05) is 26.2 Å². The highest BCUT2D eigenvalue weighted by atomic mass is 32.1. The zero-order valence-electron chi connectivity index (χ0n) is 16.0. The van der Waals surface area contributed by atoms with Crippen molar-refractivity contribution in [2.24, 2.45) is 0 Å². The van der Waals surface area contributed by atoms with Gasteiger partial charge < -0.3 is 14.4 Å². The van der Waals surface area contributed by atoms with Gasteiger partial charge in [-0.15, -0.1) is 11.3 Å². The lowest BCUT2D eigenvalue weighted by Gasteiger charge is -2.20. The summed E-state index contributed by atoms with van der Waals surface area (Å²) in [6.07, 6.45) is 1.66. The van der Waals surface area contributed by atoms with Gasteiger partial charge in [-0.1, -0.05) is 6.92 Å². The summed E-state index contributed by atoms with van der Waals surface area (Å²) in [6.45, 7) is 9.76. The number of thiazole rings is 1. The molecule has 0 bridgehead atoms. The van der Waals surface area contributed by atoms with E-state index in [1.165, 1.54) is 0 Å². The van der Waals surface area contributed by atoms with Gasteiger partial charge in [-0.2, -0.15) is 0 Å². The van der Waals surface area contributed by atoms with Gasteiger partial charge in [0, 0.05) is 44.5 Å². The smallest absolute Gasteiger partial charge is 0.291 e. The third-order valence-electron chi connectivity index (χ3n) is 4.27. The summed E-state index contributed by atoms with van der Waals surface area (Å²) in [6, 6.07) is 0. The molecule has 8 nitrogen and oxygen atoms in total. The first kappa shape index (κ1) is 21.0. The number of carbonyl (C=O) groups excluding carboxylic acids is 1. The van der Waals surface area contributed by atoms with Crippen molar-refractivity contribution in [3.63, 3.8) is 0 Å². The normalized spacial score (nSPS) is 15.0. The van der Waals surface area contributed by atoms with Crippen molar-refractivity contribution in [3.05, 3.63) is 33.4 Å². The lowest BCUT2D eigenvalue weighted by atomic mass is 10.3. The Morgan fingerprint density at radius 2 is 2.04 bits per heavy atom. The van der Waals surface area contributed by atoms with E-state index in [1.807, 2.05) is 25.7 Å². The summed E-state index contributed by atoms with van der Waals surface area (Å²) in [7, 11) is 0. The molecule has 1 amide bonds. The van der Waals surface area contributed by atoms with Crippen molar-refractivity contribution in [1.29, 1.82) is 0 Å². The number of hydrogen-bond acceptors (Lipinski definition) is 7. The van der Waals surface area contributed by atoms with Crippen LogP contribution in [0.1, 0.15) is 46.2 Å². The van der Waals surface area contributed by atoms with Crippen LogP contribution in [-0.4, -0.2) is 63.4 Å². The monoisotopic (exact) mass is 394 g/mol. The van der Waals surface area contributed by atoms with Gasteiger partial charge in [0.05, 0.1) is 16.4 Å². The maximum atomic E-state index is 12.7. The summed E-state index contributed by atoms with van der Waals surface area (Å²) in [4.78, 5) is 34.2. The molecular formula is C18H26N4O4S. The Bertz CT molecular complexity index is 758.